The van der Waals surface area contributed by atoms with Gasteiger partial charge in [0.15, 0.2) is 0 Å². The highest BCUT2D eigenvalue weighted by atomic mass is 16.3. The Kier molecular flexibility index (Phi) is 11.9. The van der Waals surface area contributed by atoms with E-state index in [1.807, 2.05) is 0 Å². The van der Waals surface area contributed by atoms with Crippen molar-refractivity contribution in [1.29, 1.82) is 0 Å². The van der Waals surface area contributed by atoms with Crippen molar-refractivity contribution in [1.82, 2.24) is 0 Å². The van der Waals surface area contributed by atoms with Gasteiger partial charge in [0.25, 0.3) is 0 Å². The zero-order chi connectivity index (χ0) is 11.4. The van der Waals surface area contributed by atoms with Gasteiger partial charge in [0.2, 0.25) is 0 Å². The van der Waals surface area contributed by atoms with Crippen LogP contribution >= 0.6 is 0 Å². The molecule has 0 saturated carbocycles. The lowest BCUT2D eigenvalue weighted by Gasteiger charge is -2.08. The maximum Gasteiger partial charge on any atom is 0.0541 e. The van der Waals surface area contributed by atoms with E-state index < -0.39 is 0 Å². The molecule has 2 nitrogen and oxygen atoms in total. The zero-order valence-electron chi connectivity index (χ0n) is 10.2. The minimum Gasteiger partial charge on any atom is -0.396 e. The van der Waals surface area contributed by atoms with Crippen LogP contribution < -0.4 is 0 Å². The Balaban J connectivity index is 3.02. The van der Waals surface area contributed by atoms with Crippen LogP contribution in [0.5, 0.6) is 0 Å². The Hall–Kier alpha value is -0.0800. The summed E-state index contributed by atoms with van der Waals surface area (Å²) in [6.45, 7) is 2.44. The van der Waals surface area contributed by atoms with Crippen LogP contribution in [0.3, 0.4) is 0 Å². The maximum absolute atomic E-state index is 9.51. The van der Waals surface area contributed by atoms with E-state index in [2.05, 4.69) is 6.92 Å². The molecule has 15 heavy (non-hydrogen) atoms. The van der Waals surface area contributed by atoms with Gasteiger partial charge < -0.3 is 10.2 Å². The van der Waals surface area contributed by atoms with Gasteiger partial charge in [-0.2, -0.15) is 0 Å². The third kappa shape index (κ3) is 11.8. The lowest BCUT2D eigenvalue weighted by atomic mass is 10.0. The Labute approximate surface area is 94.7 Å². The van der Waals surface area contributed by atoms with Crippen LogP contribution in [0.15, 0.2) is 0 Å². The van der Waals surface area contributed by atoms with Crippen molar-refractivity contribution >= 4 is 0 Å². The summed E-state index contributed by atoms with van der Waals surface area (Å²) in [7, 11) is 0. The van der Waals surface area contributed by atoms with Crippen LogP contribution in [-0.4, -0.2) is 22.9 Å². The third-order valence-corrected chi connectivity index (χ3v) is 2.84. The number of hydrogen-bond acceptors (Lipinski definition) is 2. The molecule has 0 aromatic rings. The van der Waals surface area contributed by atoms with E-state index in [1.54, 1.807) is 0 Å². The molecule has 0 aliphatic heterocycles. The van der Waals surface area contributed by atoms with Gasteiger partial charge in [-0.25, -0.2) is 0 Å². The summed E-state index contributed by atoms with van der Waals surface area (Å²) in [6, 6.07) is 0. The third-order valence-electron chi connectivity index (χ3n) is 2.84. The number of hydrogen-bond donors (Lipinski definition) is 2. The van der Waals surface area contributed by atoms with Gasteiger partial charge >= 0.3 is 0 Å². The predicted octanol–water partition coefficient (Wildman–Crippen LogP) is 3.26. The first-order valence-electron chi connectivity index (χ1n) is 6.60. The number of aliphatic hydroxyl groups is 2. The summed E-state index contributed by atoms with van der Waals surface area (Å²) in [5.74, 6) is 0. The van der Waals surface area contributed by atoms with Gasteiger partial charge in [0.05, 0.1) is 6.10 Å². The topological polar surface area (TPSA) is 40.5 Å². The van der Waals surface area contributed by atoms with Crippen molar-refractivity contribution in [2.45, 2.75) is 77.2 Å². The summed E-state index contributed by atoms with van der Waals surface area (Å²) in [5, 5.41) is 18.1. The first-order valence-corrected chi connectivity index (χ1v) is 6.60. The first kappa shape index (κ1) is 14.9. The fraction of sp³-hybridized carbons (Fsp3) is 1.00. The molecule has 0 bridgehead atoms. The SMILES string of the molecule is CCCCCCCCC[C@@H](O)CCCO. The van der Waals surface area contributed by atoms with Gasteiger partial charge in [0.1, 0.15) is 0 Å². The smallest absolute Gasteiger partial charge is 0.0541 e. The second-order valence-electron chi connectivity index (χ2n) is 4.43. The van der Waals surface area contributed by atoms with Crippen molar-refractivity contribution in [3.8, 4) is 0 Å². The average Bonchev–Trinajstić information content (AvgIpc) is 2.25. The predicted molar refractivity (Wildman–Crippen MR) is 64.9 cm³/mol. The molecule has 0 aromatic heterocycles. The molecule has 0 amide bonds. The molecule has 0 aliphatic rings. The summed E-state index contributed by atoms with van der Waals surface area (Å²) < 4.78 is 0. The van der Waals surface area contributed by atoms with Gasteiger partial charge in [-0.1, -0.05) is 51.9 Å². The van der Waals surface area contributed by atoms with Gasteiger partial charge in [-0.3, -0.25) is 0 Å². The van der Waals surface area contributed by atoms with Crippen LogP contribution in [0.25, 0.3) is 0 Å². The van der Waals surface area contributed by atoms with E-state index in [4.69, 9.17) is 5.11 Å². The van der Waals surface area contributed by atoms with Crippen molar-refractivity contribution in [2.24, 2.45) is 0 Å². The molecule has 0 radical (unpaired) electrons. The Morgan fingerprint density at radius 1 is 0.800 bits per heavy atom. The van der Waals surface area contributed by atoms with Crippen LogP contribution in [0.4, 0.5) is 0 Å². The van der Waals surface area contributed by atoms with E-state index in [-0.39, 0.29) is 12.7 Å². The van der Waals surface area contributed by atoms with E-state index in [9.17, 15) is 5.11 Å². The van der Waals surface area contributed by atoms with Crippen LogP contribution in [0, 0.1) is 0 Å². The van der Waals surface area contributed by atoms with E-state index in [1.165, 1.54) is 38.5 Å². The number of rotatable bonds is 11. The Morgan fingerprint density at radius 3 is 1.93 bits per heavy atom. The fourth-order valence-electron chi connectivity index (χ4n) is 1.81. The molecule has 0 spiro atoms. The number of unbranched alkanes of at least 4 members (excludes halogenated alkanes) is 6. The van der Waals surface area contributed by atoms with Crippen LogP contribution in [0.1, 0.15) is 71.1 Å². The fourth-order valence-corrected chi connectivity index (χ4v) is 1.81. The molecule has 2 N–H and O–H groups in total. The molecule has 0 fully saturated rings. The summed E-state index contributed by atoms with van der Waals surface area (Å²) >= 11 is 0. The Bertz CT molecular complexity index is 115. The molecule has 0 rings (SSSR count). The standard InChI is InChI=1S/C13H28O2/c1-2-3-4-5-6-7-8-10-13(15)11-9-12-14/h13-15H,2-12H2,1H3/t13-/m1/s1. The number of aliphatic hydroxyl groups excluding tert-OH is 2. The molecule has 0 saturated heterocycles. The lowest BCUT2D eigenvalue weighted by Crippen LogP contribution is -2.06. The van der Waals surface area contributed by atoms with E-state index in [0.717, 1.165) is 25.7 Å². The molecule has 1 atom stereocenters. The molecule has 0 heterocycles. The normalized spacial score (nSPS) is 13.0. The molecular formula is C13H28O2. The van der Waals surface area contributed by atoms with Crippen molar-refractivity contribution in [2.75, 3.05) is 6.61 Å². The quantitative estimate of drug-likeness (QED) is 0.520. The monoisotopic (exact) mass is 216 g/mol. The van der Waals surface area contributed by atoms with Crippen LogP contribution in [-0.2, 0) is 0 Å². The van der Waals surface area contributed by atoms with Crippen molar-refractivity contribution in [3.63, 3.8) is 0 Å². The minimum absolute atomic E-state index is 0.187. The highest BCUT2D eigenvalue weighted by Gasteiger charge is 2.02. The van der Waals surface area contributed by atoms with Crippen molar-refractivity contribution in [3.05, 3.63) is 0 Å². The molecule has 0 aliphatic carbocycles. The van der Waals surface area contributed by atoms with E-state index in [0.29, 0.717) is 0 Å². The first-order chi connectivity index (χ1) is 7.31. The second kappa shape index (κ2) is 12.0. The largest absolute Gasteiger partial charge is 0.396 e. The summed E-state index contributed by atoms with van der Waals surface area (Å²) in [6.07, 6.45) is 11.3. The molecule has 0 unspecified atom stereocenters. The second-order valence-corrected chi connectivity index (χ2v) is 4.43. The van der Waals surface area contributed by atoms with Gasteiger partial charge in [0, 0.05) is 6.61 Å². The molecule has 92 valence electrons. The Morgan fingerprint density at radius 2 is 1.33 bits per heavy atom. The van der Waals surface area contributed by atoms with Crippen LogP contribution in [0.2, 0.25) is 0 Å². The maximum atomic E-state index is 9.51. The molecule has 2 heteroatoms. The average molecular weight is 216 g/mol. The van der Waals surface area contributed by atoms with Gasteiger partial charge in [-0.15, -0.1) is 0 Å². The van der Waals surface area contributed by atoms with Gasteiger partial charge in [-0.05, 0) is 19.3 Å². The molecule has 0 aromatic carbocycles. The lowest BCUT2D eigenvalue weighted by molar-refractivity contribution is 0.138. The summed E-state index contributed by atoms with van der Waals surface area (Å²) in [4.78, 5) is 0. The van der Waals surface area contributed by atoms with E-state index >= 15 is 0 Å². The summed E-state index contributed by atoms with van der Waals surface area (Å²) in [5.41, 5.74) is 0. The molecular weight excluding hydrogens is 188 g/mol. The zero-order valence-corrected chi connectivity index (χ0v) is 10.2. The highest BCUT2D eigenvalue weighted by molar-refractivity contribution is 4.56. The highest BCUT2D eigenvalue weighted by Crippen LogP contribution is 2.11. The minimum atomic E-state index is -0.187. The van der Waals surface area contributed by atoms with Crippen molar-refractivity contribution < 1.29 is 10.2 Å².